The summed E-state index contributed by atoms with van der Waals surface area (Å²) in [7, 11) is -4.21. The van der Waals surface area contributed by atoms with Crippen molar-refractivity contribution in [3.05, 3.63) is 66.1 Å². The Kier molecular flexibility index (Phi) is 4.96. The third kappa shape index (κ3) is 4.16. The van der Waals surface area contributed by atoms with E-state index in [4.69, 9.17) is 5.26 Å². The first-order valence-corrected chi connectivity index (χ1v) is 9.08. The standard InChI is InChI=1S/C17H12FN5O3S/c18-14-6-3-5-12(8-14)15-10-23(22-20-15)11-17(24)21-27(25,26)16-7-2-1-4-13(16)9-19/h1-8,10H,11H2,(H,21,24). The number of amides is 1. The molecule has 0 atom stereocenters. The maximum Gasteiger partial charge on any atom is 0.265 e. The quantitative estimate of drug-likeness (QED) is 0.710. The maximum atomic E-state index is 13.3. The first-order valence-electron chi connectivity index (χ1n) is 7.60. The summed E-state index contributed by atoms with van der Waals surface area (Å²) >= 11 is 0. The summed E-state index contributed by atoms with van der Waals surface area (Å²) in [5.41, 5.74) is 0.726. The lowest BCUT2D eigenvalue weighted by atomic mass is 10.2. The van der Waals surface area contributed by atoms with Crippen molar-refractivity contribution in [3.63, 3.8) is 0 Å². The van der Waals surface area contributed by atoms with Gasteiger partial charge in [0.15, 0.2) is 0 Å². The zero-order valence-electron chi connectivity index (χ0n) is 13.7. The Labute approximate surface area is 153 Å². The normalized spacial score (nSPS) is 11.0. The number of halogens is 1. The van der Waals surface area contributed by atoms with Gasteiger partial charge in [0.05, 0.1) is 11.8 Å². The Morgan fingerprint density at radius 2 is 2.00 bits per heavy atom. The number of carbonyl (C=O) groups excluding carboxylic acids is 1. The fraction of sp³-hybridized carbons (Fsp3) is 0.0588. The summed E-state index contributed by atoms with van der Waals surface area (Å²) in [6, 6.07) is 13.0. The third-order valence-electron chi connectivity index (χ3n) is 3.51. The molecule has 27 heavy (non-hydrogen) atoms. The molecule has 1 amide bonds. The fourth-order valence-corrected chi connectivity index (χ4v) is 3.47. The van der Waals surface area contributed by atoms with Crippen molar-refractivity contribution in [3.8, 4) is 17.3 Å². The van der Waals surface area contributed by atoms with E-state index in [9.17, 15) is 17.6 Å². The van der Waals surface area contributed by atoms with Gasteiger partial charge in [-0.3, -0.25) is 4.79 Å². The number of benzene rings is 2. The van der Waals surface area contributed by atoms with Crippen LogP contribution in [-0.2, 0) is 21.4 Å². The van der Waals surface area contributed by atoms with Gasteiger partial charge in [0.2, 0.25) is 0 Å². The Morgan fingerprint density at radius 1 is 1.22 bits per heavy atom. The van der Waals surface area contributed by atoms with Crippen LogP contribution in [0.5, 0.6) is 0 Å². The number of rotatable bonds is 5. The van der Waals surface area contributed by atoms with E-state index in [0.29, 0.717) is 11.3 Å². The molecule has 0 spiro atoms. The highest BCUT2D eigenvalue weighted by atomic mass is 32.2. The van der Waals surface area contributed by atoms with E-state index >= 15 is 0 Å². The lowest BCUT2D eigenvalue weighted by Gasteiger charge is -2.07. The second-order valence-corrected chi connectivity index (χ2v) is 7.10. The van der Waals surface area contributed by atoms with Crippen molar-refractivity contribution in [1.82, 2.24) is 19.7 Å². The Morgan fingerprint density at radius 3 is 2.74 bits per heavy atom. The van der Waals surface area contributed by atoms with Crippen LogP contribution < -0.4 is 4.72 Å². The van der Waals surface area contributed by atoms with Crippen LogP contribution >= 0.6 is 0 Å². The molecule has 1 N–H and O–H groups in total. The van der Waals surface area contributed by atoms with Gasteiger partial charge in [-0.2, -0.15) is 5.26 Å². The Balaban J connectivity index is 1.74. The predicted molar refractivity (Wildman–Crippen MR) is 91.9 cm³/mol. The molecule has 0 aliphatic heterocycles. The first kappa shape index (κ1) is 18.2. The van der Waals surface area contributed by atoms with Crippen molar-refractivity contribution in [1.29, 1.82) is 5.26 Å². The average molecular weight is 385 g/mol. The van der Waals surface area contributed by atoms with E-state index in [2.05, 4.69) is 10.3 Å². The zero-order valence-corrected chi connectivity index (χ0v) is 14.5. The molecular formula is C17H12FN5O3S. The van der Waals surface area contributed by atoms with E-state index in [-0.39, 0.29) is 10.5 Å². The van der Waals surface area contributed by atoms with Gasteiger partial charge in [-0.1, -0.05) is 29.5 Å². The molecule has 0 radical (unpaired) electrons. The van der Waals surface area contributed by atoms with Crippen LogP contribution in [0, 0.1) is 17.1 Å². The van der Waals surface area contributed by atoms with E-state index in [1.165, 1.54) is 48.7 Å². The maximum absolute atomic E-state index is 13.3. The number of carbonyl (C=O) groups is 1. The summed E-state index contributed by atoms with van der Waals surface area (Å²) in [4.78, 5) is 11.8. The van der Waals surface area contributed by atoms with Crippen LogP contribution in [-0.4, -0.2) is 29.3 Å². The molecule has 3 aromatic rings. The molecule has 3 rings (SSSR count). The third-order valence-corrected chi connectivity index (χ3v) is 4.94. The lowest BCUT2D eigenvalue weighted by molar-refractivity contribution is -0.120. The number of sulfonamides is 1. The zero-order chi connectivity index (χ0) is 19.4. The Hall–Kier alpha value is -3.58. The summed E-state index contributed by atoms with van der Waals surface area (Å²) in [5, 5.41) is 16.6. The molecule has 1 aromatic heterocycles. The molecule has 0 fully saturated rings. The van der Waals surface area contributed by atoms with Crippen LogP contribution in [0.1, 0.15) is 5.56 Å². The number of nitrogens with one attached hydrogen (secondary N) is 1. The van der Waals surface area contributed by atoms with Crippen molar-refractivity contribution >= 4 is 15.9 Å². The summed E-state index contributed by atoms with van der Waals surface area (Å²) in [6.45, 7) is -0.420. The van der Waals surface area contributed by atoms with Crippen molar-refractivity contribution < 1.29 is 17.6 Å². The Bertz CT molecular complexity index is 1150. The van der Waals surface area contributed by atoms with Gasteiger partial charge in [0.25, 0.3) is 15.9 Å². The van der Waals surface area contributed by atoms with Crippen molar-refractivity contribution in [2.75, 3.05) is 0 Å². The van der Waals surface area contributed by atoms with Crippen molar-refractivity contribution in [2.24, 2.45) is 0 Å². The molecule has 1 heterocycles. The molecule has 10 heteroatoms. The van der Waals surface area contributed by atoms with E-state index in [1.54, 1.807) is 12.1 Å². The van der Waals surface area contributed by atoms with Gasteiger partial charge in [0.1, 0.15) is 29.0 Å². The molecule has 0 unspecified atom stereocenters. The second kappa shape index (κ2) is 7.35. The van der Waals surface area contributed by atoms with E-state index < -0.39 is 28.3 Å². The predicted octanol–water partition coefficient (Wildman–Crippen LogP) is 1.46. The average Bonchev–Trinajstić information content (AvgIpc) is 3.09. The summed E-state index contributed by atoms with van der Waals surface area (Å²) < 4.78 is 40.9. The van der Waals surface area contributed by atoms with Crippen LogP contribution in [0.3, 0.4) is 0 Å². The van der Waals surface area contributed by atoms with Crippen LogP contribution in [0.4, 0.5) is 4.39 Å². The minimum absolute atomic E-state index is 0.0769. The molecule has 0 saturated carbocycles. The molecule has 0 aliphatic rings. The molecule has 136 valence electrons. The number of nitriles is 1. The molecule has 2 aromatic carbocycles. The fourth-order valence-electron chi connectivity index (χ4n) is 2.33. The van der Waals surface area contributed by atoms with Gasteiger partial charge in [0, 0.05) is 5.56 Å². The van der Waals surface area contributed by atoms with Gasteiger partial charge >= 0.3 is 0 Å². The van der Waals surface area contributed by atoms with E-state index in [1.807, 2.05) is 4.72 Å². The highest BCUT2D eigenvalue weighted by Crippen LogP contribution is 2.17. The monoisotopic (exact) mass is 385 g/mol. The topological polar surface area (TPSA) is 118 Å². The lowest BCUT2D eigenvalue weighted by Crippen LogP contribution is -2.33. The highest BCUT2D eigenvalue weighted by molar-refractivity contribution is 7.90. The highest BCUT2D eigenvalue weighted by Gasteiger charge is 2.21. The van der Waals surface area contributed by atoms with Gasteiger partial charge in [-0.25, -0.2) is 22.2 Å². The smallest absolute Gasteiger partial charge is 0.265 e. The van der Waals surface area contributed by atoms with Gasteiger partial charge in [-0.15, -0.1) is 5.10 Å². The molecule has 8 nitrogen and oxygen atoms in total. The molecular weight excluding hydrogens is 373 g/mol. The van der Waals surface area contributed by atoms with E-state index in [0.717, 1.165) is 4.68 Å². The molecule has 0 aliphatic carbocycles. The second-order valence-electron chi connectivity index (χ2n) is 5.45. The van der Waals surface area contributed by atoms with Crippen LogP contribution in [0.2, 0.25) is 0 Å². The number of aromatic nitrogens is 3. The molecule has 0 saturated heterocycles. The SMILES string of the molecule is N#Cc1ccccc1S(=O)(=O)NC(=O)Cn1cc(-c2cccc(F)c2)nn1. The number of hydrogen-bond acceptors (Lipinski definition) is 6. The number of nitrogens with zero attached hydrogens (tertiary/aromatic N) is 4. The first-order chi connectivity index (χ1) is 12.9. The number of hydrogen-bond donors (Lipinski definition) is 1. The van der Waals surface area contributed by atoms with Gasteiger partial charge < -0.3 is 0 Å². The molecule has 0 bridgehead atoms. The minimum Gasteiger partial charge on any atom is -0.272 e. The van der Waals surface area contributed by atoms with Gasteiger partial charge in [-0.05, 0) is 24.3 Å². The minimum atomic E-state index is -4.21. The largest absolute Gasteiger partial charge is 0.272 e. The van der Waals surface area contributed by atoms with Crippen LogP contribution in [0.25, 0.3) is 11.3 Å². The van der Waals surface area contributed by atoms with Crippen molar-refractivity contribution in [2.45, 2.75) is 11.4 Å². The summed E-state index contributed by atoms with van der Waals surface area (Å²) in [6.07, 6.45) is 1.39. The van der Waals surface area contributed by atoms with Crippen LogP contribution in [0.15, 0.2) is 59.6 Å². The summed E-state index contributed by atoms with van der Waals surface area (Å²) in [5.74, 6) is -1.31.